The van der Waals surface area contributed by atoms with Crippen molar-refractivity contribution in [2.75, 3.05) is 33.2 Å². The van der Waals surface area contributed by atoms with Crippen molar-refractivity contribution >= 4 is 22.5 Å². The quantitative estimate of drug-likeness (QED) is 0.428. The van der Waals surface area contributed by atoms with E-state index in [1.165, 1.54) is 0 Å². The van der Waals surface area contributed by atoms with Crippen molar-refractivity contribution in [2.24, 2.45) is 5.73 Å². The van der Waals surface area contributed by atoms with E-state index >= 15 is 0 Å². The van der Waals surface area contributed by atoms with Gasteiger partial charge < -0.3 is 20.3 Å². The zero-order chi connectivity index (χ0) is 25.1. The highest BCUT2D eigenvalue weighted by molar-refractivity contribution is 5.94. The smallest absolute Gasteiger partial charge is 0.250 e. The van der Waals surface area contributed by atoms with Crippen LogP contribution in [0.1, 0.15) is 21.6 Å². The lowest BCUT2D eigenvalue weighted by Gasteiger charge is -2.35. The lowest BCUT2D eigenvalue weighted by molar-refractivity contribution is 0.0997. The molecule has 1 fully saturated rings. The molecule has 2 aromatic carbocycles. The number of likely N-dealkylation sites (N-methyl/N-ethyl adjacent to an activating group) is 1. The Morgan fingerprint density at radius 3 is 2.44 bits per heavy atom. The third-order valence-corrected chi connectivity index (χ3v) is 6.64. The molecule has 0 saturated carbocycles. The monoisotopic (exact) mass is 479 g/mol. The molecule has 4 aromatic rings. The van der Waals surface area contributed by atoms with Crippen LogP contribution in [0.2, 0.25) is 0 Å². The number of carbonyl (C=O) groups excluding carboxylic acids is 1. The molecule has 182 valence electrons. The third-order valence-electron chi connectivity index (χ3n) is 6.64. The molecule has 1 amide bonds. The number of rotatable bonds is 7. The van der Waals surface area contributed by atoms with E-state index in [1.807, 2.05) is 18.2 Å². The summed E-state index contributed by atoms with van der Waals surface area (Å²) < 4.78 is 6.17. The van der Waals surface area contributed by atoms with Crippen LogP contribution in [-0.4, -0.2) is 58.9 Å². The summed E-state index contributed by atoms with van der Waals surface area (Å²) in [5, 5.41) is 0.887. The molecule has 0 radical (unpaired) electrons. The molecule has 1 aliphatic rings. The number of nitrogens with zero attached hydrogens (tertiary/aromatic N) is 4. The Morgan fingerprint density at radius 1 is 0.972 bits per heavy atom. The predicted molar refractivity (Wildman–Crippen MR) is 142 cm³/mol. The number of fused-ring (bicyclic) bond motifs is 1. The van der Waals surface area contributed by atoms with Gasteiger partial charge in [-0.2, -0.15) is 0 Å². The molecule has 36 heavy (non-hydrogen) atoms. The second-order valence-electron chi connectivity index (χ2n) is 9.01. The van der Waals surface area contributed by atoms with Crippen molar-refractivity contribution in [2.45, 2.75) is 6.61 Å². The van der Waals surface area contributed by atoms with Crippen LogP contribution in [0.15, 0.2) is 79.6 Å². The van der Waals surface area contributed by atoms with Gasteiger partial charge in [-0.25, -0.2) is 0 Å². The number of hydrogen-bond acceptors (Lipinski definition) is 6. The lowest BCUT2D eigenvalue weighted by atomic mass is 10.0. The number of carbonyl (C=O) groups is 1. The summed E-state index contributed by atoms with van der Waals surface area (Å²) >= 11 is 0. The van der Waals surface area contributed by atoms with Crippen LogP contribution >= 0.6 is 0 Å². The van der Waals surface area contributed by atoms with Crippen LogP contribution in [0, 0.1) is 0 Å². The number of aromatic nitrogens is 2. The zero-order valence-corrected chi connectivity index (χ0v) is 20.4. The number of pyridine rings is 2. The fourth-order valence-corrected chi connectivity index (χ4v) is 4.47. The van der Waals surface area contributed by atoms with Gasteiger partial charge in [0.25, 0.3) is 5.91 Å². The first-order valence-electron chi connectivity index (χ1n) is 12.0. The van der Waals surface area contributed by atoms with Crippen LogP contribution < -0.4 is 10.5 Å². The normalized spacial score (nSPS) is 14.1. The van der Waals surface area contributed by atoms with Gasteiger partial charge in [0.15, 0.2) is 0 Å². The van der Waals surface area contributed by atoms with E-state index in [0.29, 0.717) is 17.0 Å². The van der Waals surface area contributed by atoms with E-state index in [9.17, 15) is 4.79 Å². The molecule has 0 aliphatic carbocycles. The molecule has 0 unspecified atom stereocenters. The topological polar surface area (TPSA) is 84.6 Å². The van der Waals surface area contributed by atoms with Crippen LogP contribution in [0.5, 0.6) is 5.75 Å². The van der Waals surface area contributed by atoms with E-state index in [4.69, 9.17) is 10.5 Å². The summed E-state index contributed by atoms with van der Waals surface area (Å²) in [6.45, 7) is 8.53. The summed E-state index contributed by atoms with van der Waals surface area (Å²) in [4.78, 5) is 25.3. The van der Waals surface area contributed by atoms with Gasteiger partial charge in [0.2, 0.25) is 0 Å². The molecular weight excluding hydrogens is 450 g/mol. The number of primary amides is 1. The van der Waals surface area contributed by atoms with Crippen molar-refractivity contribution in [3.63, 3.8) is 0 Å². The van der Waals surface area contributed by atoms with E-state index in [1.54, 1.807) is 24.5 Å². The van der Waals surface area contributed by atoms with Gasteiger partial charge >= 0.3 is 0 Å². The van der Waals surface area contributed by atoms with Crippen molar-refractivity contribution in [3.8, 4) is 16.9 Å². The Balaban J connectivity index is 1.41. The standard InChI is InChI=1S/C29H29N5O2/c1-20(34-15-13-33(2)14-16-34)21-7-9-22(10-8-21)23-17-26-24(5-3-11-31-26)28(18-23)36-19-27-25(29(30)35)6-4-12-32-27/h3-12,17-18H,1,13-16,19H2,2H3,(H2,30,35). The van der Waals surface area contributed by atoms with Gasteiger partial charge in [-0.3, -0.25) is 14.8 Å². The molecule has 7 heteroatoms. The minimum Gasteiger partial charge on any atom is -0.487 e. The van der Waals surface area contributed by atoms with Gasteiger partial charge in [0, 0.05) is 49.7 Å². The second kappa shape index (κ2) is 10.2. The van der Waals surface area contributed by atoms with E-state index in [0.717, 1.165) is 59.5 Å². The average molecular weight is 480 g/mol. The third kappa shape index (κ3) is 4.92. The van der Waals surface area contributed by atoms with Crippen LogP contribution in [0.3, 0.4) is 0 Å². The number of ether oxygens (including phenoxy) is 1. The number of piperazine rings is 1. The van der Waals surface area contributed by atoms with E-state index in [-0.39, 0.29) is 6.61 Å². The Bertz CT molecular complexity index is 1410. The van der Waals surface area contributed by atoms with Gasteiger partial charge in [0.05, 0.1) is 16.8 Å². The summed E-state index contributed by atoms with van der Waals surface area (Å²) in [6, 6.07) is 19.7. The maximum absolute atomic E-state index is 11.8. The van der Waals surface area contributed by atoms with Crippen LogP contribution in [-0.2, 0) is 6.61 Å². The van der Waals surface area contributed by atoms with Crippen LogP contribution in [0.4, 0.5) is 0 Å². The molecular formula is C29H29N5O2. The maximum atomic E-state index is 11.8. The van der Waals surface area contributed by atoms with Crippen molar-refractivity contribution < 1.29 is 9.53 Å². The zero-order valence-electron chi connectivity index (χ0n) is 20.4. The molecule has 0 bridgehead atoms. The fraction of sp³-hybridized carbons (Fsp3) is 0.207. The first-order valence-corrected chi connectivity index (χ1v) is 12.0. The van der Waals surface area contributed by atoms with Gasteiger partial charge in [0.1, 0.15) is 12.4 Å². The van der Waals surface area contributed by atoms with Gasteiger partial charge in [-0.1, -0.05) is 30.8 Å². The Morgan fingerprint density at radius 2 is 1.69 bits per heavy atom. The Labute approximate surface area is 210 Å². The molecule has 5 rings (SSSR count). The van der Waals surface area contributed by atoms with Crippen molar-refractivity contribution in [1.82, 2.24) is 19.8 Å². The van der Waals surface area contributed by atoms with E-state index in [2.05, 4.69) is 63.7 Å². The number of nitrogens with two attached hydrogens (primary N) is 1. The van der Waals surface area contributed by atoms with Crippen molar-refractivity contribution in [3.05, 3.63) is 96.5 Å². The van der Waals surface area contributed by atoms with Gasteiger partial charge in [-0.05, 0) is 60.1 Å². The number of amides is 1. The molecule has 2 N–H and O–H groups in total. The Hall–Kier alpha value is -4.23. The van der Waals surface area contributed by atoms with Crippen LogP contribution in [0.25, 0.3) is 27.7 Å². The Kier molecular flexibility index (Phi) is 6.64. The first kappa shape index (κ1) is 23.5. The maximum Gasteiger partial charge on any atom is 0.250 e. The summed E-state index contributed by atoms with van der Waals surface area (Å²) in [6.07, 6.45) is 3.39. The minimum atomic E-state index is -0.528. The molecule has 0 spiro atoms. The molecule has 2 aromatic heterocycles. The highest BCUT2D eigenvalue weighted by Crippen LogP contribution is 2.33. The highest BCUT2D eigenvalue weighted by Gasteiger charge is 2.17. The minimum absolute atomic E-state index is 0.121. The highest BCUT2D eigenvalue weighted by atomic mass is 16.5. The molecule has 1 saturated heterocycles. The van der Waals surface area contributed by atoms with Crippen molar-refractivity contribution in [1.29, 1.82) is 0 Å². The second-order valence-corrected chi connectivity index (χ2v) is 9.01. The largest absolute Gasteiger partial charge is 0.487 e. The summed E-state index contributed by atoms with van der Waals surface area (Å²) in [5.41, 5.74) is 11.4. The van der Waals surface area contributed by atoms with E-state index < -0.39 is 5.91 Å². The summed E-state index contributed by atoms with van der Waals surface area (Å²) in [7, 11) is 2.15. The molecule has 3 heterocycles. The van der Waals surface area contributed by atoms with Gasteiger partial charge in [-0.15, -0.1) is 0 Å². The number of benzene rings is 2. The predicted octanol–water partition coefficient (Wildman–Crippen LogP) is 4.19. The first-order chi connectivity index (χ1) is 17.5. The SMILES string of the molecule is C=C(c1ccc(-c2cc(OCc3ncccc3C(N)=O)c3cccnc3c2)cc1)N1CCN(C)CC1. The summed E-state index contributed by atoms with van der Waals surface area (Å²) in [5.74, 6) is 0.142. The average Bonchev–Trinajstić information content (AvgIpc) is 2.92. The fourth-order valence-electron chi connectivity index (χ4n) is 4.47. The molecule has 0 atom stereocenters. The molecule has 1 aliphatic heterocycles. The number of hydrogen-bond donors (Lipinski definition) is 1. The lowest BCUT2D eigenvalue weighted by Crippen LogP contribution is -2.43. The molecule has 7 nitrogen and oxygen atoms in total.